The van der Waals surface area contributed by atoms with Gasteiger partial charge in [-0.25, -0.2) is 4.79 Å². The quantitative estimate of drug-likeness (QED) is 0.598. The number of carbonyl (C=O) groups is 1. The average Bonchev–Trinajstić information content (AvgIpc) is 3.25. The third-order valence-corrected chi connectivity index (χ3v) is 6.21. The van der Waals surface area contributed by atoms with E-state index in [1.54, 1.807) is 12.3 Å². The molecule has 6 heteroatoms. The lowest BCUT2D eigenvalue weighted by molar-refractivity contribution is -0.126. The summed E-state index contributed by atoms with van der Waals surface area (Å²) in [6, 6.07) is 9.44. The number of piperidine rings is 1. The van der Waals surface area contributed by atoms with Crippen molar-refractivity contribution in [1.82, 2.24) is 10.2 Å². The van der Waals surface area contributed by atoms with Gasteiger partial charge in [0.05, 0.1) is 12.8 Å². The number of rotatable bonds is 6. The van der Waals surface area contributed by atoms with Crippen molar-refractivity contribution in [2.45, 2.75) is 52.6 Å². The maximum atomic E-state index is 12.5. The second-order valence-corrected chi connectivity index (χ2v) is 8.80. The number of benzene rings is 1. The molecule has 1 N–H and O–H groups in total. The second kappa shape index (κ2) is 9.10. The van der Waals surface area contributed by atoms with Crippen molar-refractivity contribution in [1.29, 1.82) is 0 Å². The summed E-state index contributed by atoms with van der Waals surface area (Å²) in [6.45, 7) is 9.16. The zero-order chi connectivity index (χ0) is 22.0. The smallest absolute Gasteiger partial charge is 0.336 e. The molecule has 0 aliphatic carbocycles. The molecule has 3 heterocycles. The van der Waals surface area contributed by atoms with Gasteiger partial charge in [-0.1, -0.05) is 13.8 Å². The van der Waals surface area contributed by atoms with Gasteiger partial charge in [-0.3, -0.25) is 9.69 Å². The van der Waals surface area contributed by atoms with Crippen molar-refractivity contribution in [3.05, 3.63) is 69.5 Å². The Bertz CT molecular complexity index is 1110. The fourth-order valence-electron chi connectivity index (χ4n) is 4.47. The molecule has 1 fully saturated rings. The van der Waals surface area contributed by atoms with E-state index < -0.39 is 0 Å². The molecular weight excluding hydrogens is 392 g/mol. The summed E-state index contributed by atoms with van der Waals surface area (Å²) in [7, 11) is 0. The Morgan fingerprint density at radius 1 is 1.23 bits per heavy atom. The second-order valence-electron chi connectivity index (χ2n) is 8.80. The van der Waals surface area contributed by atoms with Crippen LogP contribution in [0.25, 0.3) is 11.0 Å². The Labute approximate surface area is 182 Å². The van der Waals surface area contributed by atoms with E-state index in [0.29, 0.717) is 24.6 Å². The van der Waals surface area contributed by atoms with Crippen LogP contribution in [0.2, 0.25) is 0 Å². The Kier molecular flexibility index (Phi) is 6.28. The predicted molar refractivity (Wildman–Crippen MR) is 120 cm³/mol. The van der Waals surface area contributed by atoms with Crippen molar-refractivity contribution in [3.8, 4) is 0 Å². The number of aryl methyl sites for hydroxylation is 1. The first-order valence-corrected chi connectivity index (χ1v) is 11.0. The molecular formula is C25H30N2O4. The highest BCUT2D eigenvalue weighted by Gasteiger charge is 2.25. The van der Waals surface area contributed by atoms with Crippen molar-refractivity contribution in [2.75, 3.05) is 13.1 Å². The molecule has 1 aromatic carbocycles. The van der Waals surface area contributed by atoms with Crippen LogP contribution in [0.4, 0.5) is 0 Å². The molecule has 0 unspecified atom stereocenters. The fourth-order valence-corrected chi connectivity index (χ4v) is 4.47. The molecule has 3 aromatic rings. The molecule has 1 aliphatic heterocycles. The highest BCUT2D eigenvalue weighted by Crippen LogP contribution is 2.28. The molecule has 4 rings (SSSR count). The normalized spacial score (nSPS) is 15.6. The molecule has 0 radical (unpaired) electrons. The zero-order valence-electron chi connectivity index (χ0n) is 18.4. The van der Waals surface area contributed by atoms with Crippen LogP contribution in [-0.4, -0.2) is 23.9 Å². The van der Waals surface area contributed by atoms with E-state index in [-0.39, 0.29) is 17.5 Å². The van der Waals surface area contributed by atoms with E-state index in [4.69, 9.17) is 8.83 Å². The predicted octanol–water partition coefficient (Wildman–Crippen LogP) is 4.35. The SMILES string of the molecule is Cc1cc2oc(=O)cc(CN3CCC(C(=O)NCc4ccco4)CC3)c2cc1C(C)C. The summed E-state index contributed by atoms with van der Waals surface area (Å²) in [6.07, 6.45) is 3.22. The monoisotopic (exact) mass is 422 g/mol. The van der Waals surface area contributed by atoms with Crippen LogP contribution >= 0.6 is 0 Å². The van der Waals surface area contributed by atoms with Gasteiger partial charge in [0.15, 0.2) is 0 Å². The van der Waals surface area contributed by atoms with Crippen molar-refractivity contribution >= 4 is 16.9 Å². The summed E-state index contributed by atoms with van der Waals surface area (Å²) in [5.74, 6) is 1.26. The first-order valence-electron chi connectivity index (χ1n) is 11.0. The maximum Gasteiger partial charge on any atom is 0.336 e. The molecule has 31 heavy (non-hydrogen) atoms. The Balaban J connectivity index is 1.42. The van der Waals surface area contributed by atoms with Gasteiger partial charge >= 0.3 is 5.63 Å². The fraction of sp³-hybridized carbons (Fsp3) is 0.440. The first kappa shape index (κ1) is 21.4. The van der Waals surface area contributed by atoms with Crippen LogP contribution in [0.3, 0.4) is 0 Å². The molecule has 1 aliphatic rings. The molecule has 0 atom stereocenters. The van der Waals surface area contributed by atoms with Crippen molar-refractivity contribution < 1.29 is 13.6 Å². The average molecular weight is 423 g/mol. The van der Waals surface area contributed by atoms with Gasteiger partial charge < -0.3 is 14.2 Å². The lowest BCUT2D eigenvalue weighted by atomic mass is 9.93. The number of hydrogen-bond donors (Lipinski definition) is 1. The van der Waals surface area contributed by atoms with Gasteiger partial charge in [0.25, 0.3) is 0 Å². The van der Waals surface area contributed by atoms with E-state index >= 15 is 0 Å². The number of fused-ring (bicyclic) bond motifs is 1. The van der Waals surface area contributed by atoms with E-state index in [1.165, 1.54) is 5.56 Å². The minimum absolute atomic E-state index is 0.0130. The molecule has 1 saturated heterocycles. The summed E-state index contributed by atoms with van der Waals surface area (Å²) in [4.78, 5) is 26.9. The lowest BCUT2D eigenvalue weighted by Gasteiger charge is -2.31. The third kappa shape index (κ3) is 4.90. The van der Waals surface area contributed by atoms with Crippen LogP contribution in [0.15, 0.2) is 50.2 Å². The van der Waals surface area contributed by atoms with Gasteiger partial charge in [-0.15, -0.1) is 0 Å². The van der Waals surface area contributed by atoms with Gasteiger partial charge in [0.1, 0.15) is 11.3 Å². The lowest BCUT2D eigenvalue weighted by Crippen LogP contribution is -2.40. The largest absolute Gasteiger partial charge is 0.467 e. The van der Waals surface area contributed by atoms with Crippen LogP contribution in [0.5, 0.6) is 0 Å². The van der Waals surface area contributed by atoms with Crippen LogP contribution in [0, 0.1) is 12.8 Å². The number of amides is 1. The first-order chi connectivity index (χ1) is 14.9. The molecule has 164 valence electrons. The number of hydrogen-bond acceptors (Lipinski definition) is 5. The number of carbonyl (C=O) groups excluding carboxylic acids is 1. The number of nitrogens with one attached hydrogen (secondary N) is 1. The topological polar surface area (TPSA) is 75.7 Å². The van der Waals surface area contributed by atoms with E-state index in [1.807, 2.05) is 18.2 Å². The summed E-state index contributed by atoms with van der Waals surface area (Å²) in [5, 5.41) is 3.97. The molecule has 1 amide bonds. The summed E-state index contributed by atoms with van der Waals surface area (Å²) >= 11 is 0. The van der Waals surface area contributed by atoms with Gasteiger partial charge in [-0.2, -0.15) is 0 Å². The molecule has 6 nitrogen and oxygen atoms in total. The standard InChI is InChI=1S/C25H30N2O4/c1-16(2)21-13-22-19(12-24(28)31-23(22)11-17(21)3)15-27-8-6-18(7-9-27)25(29)26-14-20-5-4-10-30-20/h4-5,10-13,16,18H,6-9,14-15H2,1-3H3,(H,26,29). The number of furan rings is 1. The van der Waals surface area contributed by atoms with Gasteiger partial charge in [-0.05, 0) is 79.7 Å². The molecule has 0 spiro atoms. The molecule has 0 bridgehead atoms. The van der Waals surface area contributed by atoms with Gasteiger partial charge in [0, 0.05) is 23.9 Å². The van der Waals surface area contributed by atoms with E-state index in [2.05, 4.69) is 37.1 Å². The van der Waals surface area contributed by atoms with Crippen molar-refractivity contribution in [2.24, 2.45) is 5.92 Å². The minimum Gasteiger partial charge on any atom is -0.467 e. The van der Waals surface area contributed by atoms with Crippen LogP contribution in [-0.2, 0) is 17.9 Å². The summed E-state index contributed by atoms with van der Waals surface area (Å²) < 4.78 is 10.8. The zero-order valence-corrected chi connectivity index (χ0v) is 18.4. The molecule has 2 aromatic heterocycles. The number of nitrogens with zero attached hydrogens (tertiary/aromatic N) is 1. The number of likely N-dealkylation sites (tertiary alicyclic amines) is 1. The van der Waals surface area contributed by atoms with Crippen molar-refractivity contribution in [3.63, 3.8) is 0 Å². The molecule has 0 saturated carbocycles. The van der Waals surface area contributed by atoms with Crippen LogP contribution < -0.4 is 10.9 Å². The van der Waals surface area contributed by atoms with E-state index in [0.717, 1.165) is 48.2 Å². The Hall–Kier alpha value is -2.86. The Morgan fingerprint density at radius 3 is 2.68 bits per heavy atom. The maximum absolute atomic E-state index is 12.5. The van der Waals surface area contributed by atoms with Crippen LogP contribution in [0.1, 0.15) is 55.1 Å². The third-order valence-electron chi connectivity index (χ3n) is 6.21. The van der Waals surface area contributed by atoms with Gasteiger partial charge in [0.2, 0.25) is 5.91 Å². The minimum atomic E-state index is -0.314. The Morgan fingerprint density at radius 2 is 2.00 bits per heavy atom. The highest BCUT2D eigenvalue weighted by molar-refractivity contribution is 5.82. The highest BCUT2D eigenvalue weighted by atomic mass is 16.4. The van der Waals surface area contributed by atoms with E-state index in [9.17, 15) is 9.59 Å². The summed E-state index contributed by atoms with van der Waals surface area (Å²) in [5.41, 5.74) is 3.75.